The summed E-state index contributed by atoms with van der Waals surface area (Å²) in [6.07, 6.45) is 0.214. The Balaban J connectivity index is 1.60. The van der Waals surface area contributed by atoms with E-state index in [0.717, 1.165) is 5.56 Å². The van der Waals surface area contributed by atoms with E-state index >= 15 is 0 Å². The van der Waals surface area contributed by atoms with E-state index in [9.17, 15) is 14.0 Å². The number of nitrogens with zero attached hydrogens (tertiary/aromatic N) is 2. The molecule has 2 aromatic rings. The second kappa shape index (κ2) is 8.42. The first-order valence-electron chi connectivity index (χ1n) is 9.28. The van der Waals surface area contributed by atoms with Crippen LogP contribution in [0.1, 0.15) is 23.1 Å². The number of rotatable bonds is 6. The number of hydrogen-bond acceptors (Lipinski definition) is 3. The van der Waals surface area contributed by atoms with Crippen LogP contribution in [0.5, 0.6) is 5.75 Å². The van der Waals surface area contributed by atoms with E-state index in [4.69, 9.17) is 4.74 Å². The summed E-state index contributed by atoms with van der Waals surface area (Å²) in [6, 6.07) is 12.7. The highest BCUT2D eigenvalue weighted by Gasteiger charge is 2.35. The van der Waals surface area contributed by atoms with E-state index in [1.165, 1.54) is 18.7 Å². The number of methoxy groups -OCH3 is 1. The normalized spacial score (nSPS) is 16.4. The Labute approximate surface area is 164 Å². The van der Waals surface area contributed by atoms with Crippen molar-refractivity contribution in [2.45, 2.75) is 26.4 Å². The highest BCUT2D eigenvalue weighted by Crippen LogP contribution is 2.24. The summed E-state index contributed by atoms with van der Waals surface area (Å²) in [4.78, 5) is 28.4. The predicted molar refractivity (Wildman–Crippen MR) is 104 cm³/mol. The van der Waals surface area contributed by atoms with Gasteiger partial charge in [-0.25, -0.2) is 4.39 Å². The van der Waals surface area contributed by atoms with Gasteiger partial charge in [0.1, 0.15) is 0 Å². The minimum atomic E-state index is -0.457. The molecule has 1 aliphatic heterocycles. The summed E-state index contributed by atoms with van der Waals surface area (Å²) < 4.78 is 18.8. The van der Waals surface area contributed by atoms with Crippen molar-refractivity contribution in [3.8, 4) is 5.75 Å². The molecule has 0 bridgehead atoms. The number of halogens is 1. The van der Waals surface area contributed by atoms with Crippen LogP contribution in [0.25, 0.3) is 0 Å². The Morgan fingerprint density at radius 2 is 1.89 bits per heavy atom. The van der Waals surface area contributed by atoms with Crippen molar-refractivity contribution in [2.75, 3.05) is 20.7 Å². The fourth-order valence-corrected chi connectivity index (χ4v) is 3.48. The van der Waals surface area contributed by atoms with Crippen LogP contribution < -0.4 is 4.74 Å². The maximum atomic E-state index is 13.9. The fourth-order valence-electron chi connectivity index (χ4n) is 3.48. The number of likely N-dealkylation sites (tertiary alicyclic amines) is 1. The molecular formula is C22H25FN2O3. The van der Waals surface area contributed by atoms with Crippen LogP contribution in [0.15, 0.2) is 42.5 Å². The van der Waals surface area contributed by atoms with Gasteiger partial charge >= 0.3 is 0 Å². The highest BCUT2D eigenvalue weighted by molar-refractivity contribution is 5.89. The molecule has 1 heterocycles. The quantitative estimate of drug-likeness (QED) is 0.769. The SMILES string of the molecule is COc1ccc(CN(C)C(=O)C2CC(=O)N(Cc3ccc(C)cc3)C2)cc1F. The predicted octanol–water partition coefficient (Wildman–Crippen LogP) is 3.15. The van der Waals surface area contributed by atoms with Crippen LogP contribution >= 0.6 is 0 Å². The standard InChI is InChI=1S/C22H25FN2O3/c1-15-4-6-16(7-5-15)13-25-14-18(11-21(25)26)22(27)24(2)12-17-8-9-20(28-3)19(23)10-17/h4-10,18H,11-14H2,1-3H3. The third-order valence-corrected chi connectivity index (χ3v) is 5.07. The lowest BCUT2D eigenvalue weighted by molar-refractivity contribution is -0.135. The summed E-state index contributed by atoms with van der Waals surface area (Å²) >= 11 is 0. The molecular weight excluding hydrogens is 359 g/mol. The molecule has 0 aromatic heterocycles. The number of amides is 2. The Hall–Kier alpha value is -2.89. The molecule has 6 heteroatoms. The van der Waals surface area contributed by atoms with Gasteiger partial charge in [-0.1, -0.05) is 35.9 Å². The molecule has 148 valence electrons. The van der Waals surface area contributed by atoms with Crippen molar-refractivity contribution in [3.63, 3.8) is 0 Å². The zero-order valence-corrected chi connectivity index (χ0v) is 16.4. The number of carbonyl (C=O) groups excluding carboxylic acids is 2. The van der Waals surface area contributed by atoms with Gasteiger partial charge < -0.3 is 14.5 Å². The topological polar surface area (TPSA) is 49.9 Å². The molecule has 1 unspecified atom stereocenters. The summed E-state index contributed by atoms with van der Waals surface area (Å²) in [5, 5.41) is 0. The van der Waals surface area contributed by atoms with Gasteiger partial charge in [0.25, 0.3) is 0 Å². The van der Waals surface area contributed by atoms with Crippen LogP contribution in [-0.2, 0) is 22.7 Å². The maximum Gasteiger partial charge on any atom is 0.228 e. The second-order valence-corrected chi connectivity index (χ2v) is 7.32. The molecule has 1 aliphatic rings. The Morgan fingerprint density at radius 1 is 1.21 bits per heavy atom. The third kappa shape index (κ3) is 4.50. The van der Waals surface area contributed by atoms with Crippen LogP contribution in [-0.4, -0.2) is 42.3 Å². The smallest absolute Gasteiger partial charge is 0.228 e. The van der Waals surface area contributed by atoms with Crippen LogP contribution in [0, 0.1) is 18.7 Å². The third-order valence-electron chi connectivity index (χ3n) is 5.07. The van der Waals surface area contributed by atoms with E-state index in [1.54, 1.807) is 29.0 Å². The van der Waals surface area contributed by atoms with Crippen molar-refractivity contribution in [1.82, 2.24) is 9.80 Å². The van der Waals surface area contributed by atoms with Gasteiger partial charge in [-0.05, 0) is 30.2 Å². The van der Waals surface area contributed by atoms with E-state index in [0.29, 0.717) is 18.7 Å². The minimum absolute atomic E-state index is 0.0113. The largest absolute Gasteiger partial charge is 0.494 e. The summed E-state index contributed by atoms with van der Waals surface area (Å²) in [5.74, 6) is -0.767. The first kappa shape index (κ1) is 19.9. The van der Waals surface area contributed by atoms with Crippen molar-refractivity contribution < 1.29 is 18.7 Å². The number of benzene rings is 2. The van der Waals surface area contributed by atoms with Crippen molar-refractivity contribution >= 4 is 11.8 Å². The molecule has 2 aromatic carbocycles. The minimum Gasteiger partial charge on any atom is -0.494 e. The highest BCUT2D eigenvalue weighted by atomic mass is 19.1. The lowest BCUT2D eigenvalue weighted by Crippen LogP contribution is -2.34. The van der Waals surface area contributed by atoms with E-state index in [-0.39, 0.29) is 36.4 Å². The molecule has 2 amide bonds. The zero-order chi connectivity index (χ0) is 20.3. The number of aryl methyl sites for hydroxylation is 1. The van der Waals surface area contributed by atoms with Crippen LogP contribution in [0.4, 0.5) is 4.39 Å². The molecule has 28 heavy (non-hydrogen) atoms. The number of ether oxygens (including phenoxy) is 1. The molecule has 5 nitrogen and oxygen atoms in total. The Kier molecular flexibility index (Phi) is 5.97. The molecule has 3 rings (SSSR count). The number of hydrogen-bond donors (Lipinski definition) is 0. The molecule has 0 N–H and O–H groups in total. The maximum absolute atomic E-state index is 13.9. The lowest BCUT2D eigenvalue weighted by Gasteiger charge is -2.22. The van der Waals surface area contributed by atoms with Gasteiger partial charge in [-0.2, -0.15) is 0 Å². The van der Waals surface area contributed by atoms with Gasteiger partial charge in [-0.15, -0.1) is 0 Å². The molecule has 0 saturated carbocycles. The molecule has 1 fully saturated rings. The van der Waals surface area contributed by atoms with Crippen molar-refractivity contribution in [3.05, 3.63) is 65.0 Å². The van der Waals surface area contributed by atoms with Crippen molar-refractivity contribution in [2.24, 2.45) is 5.92 Å². The summed E-state index contributed by atoms with van der Waals surface area (Å²) in [6.45, 7) is 3.22. The van der Waals surface area contributed by atoms with Gasteiger partial charge in [0, 0.05) is 33.1 Å². The average molecular weight is 384 g/mol. The van der Waals surface area contributed by atoms with E-state index in [1.807, 2.05) is 31.2 Å². The Morgan fingerprint density at radius 3 is 2.54 bits per heavy atom. The van der Waals surface area contributed by atoms with E-state index < -0.39 is 5.82 Å². The Bertz CT molecular complexity index is 867. The fraction of sp³-hybridized carbons (Fsp3) is 0.364. The van der Waals surface area contributed by atoms with E-state index in [2.05, 4.69) is 0 Å². The molecule has 0 aliphatic carbocycles. The van der Waals surface area contributed by atoms with Crippen LogP contribution in [0.3, 0.4) is 0 Å². The monoisotopic (exact) mass is 384 g/mol. The molecule has 0 radical (unpaired) electrons. The van der Waals surface area contributed by atoms with Gasteiger partial charge in [0.05, 0.1) is 13.0 Å². The van der Waals surface area contributed by atoms with Gasteiger partial charge in [0.15, 0.2) is 11.6 Å². The summed E-state index contributed by atoms with van der Waals surface area (Å²) in [7, 11) is 3.09. The molecule has 1 saturated heterocycles. The summed E-state index contributed by atoms with van der Waals surface area (Å²) in [5.41, 5.74) is 2.89. The second-order valence-electron chi connectivity index (χ2n) is 7.32. The van der Waals surface area contributed by atoms with Gasteiger partial charge in [0.2, 0.25) is 11.8 Å². The number of carbonyl (C=O) groups is 2. The van der Waals surface area contributed by atoms with Crippen LogP contribution in [0.2, 0.25) is 0 Å². The van der Waals surface area contributed by atoms with Gasteiger partial charge in [-0.3, -0.25) is 9.59 Å². The molecule has 0 spiro atoms. The molecule has 1 atom stereocenters. The lowest BCUT2D eigenvalue weighted by atomic mass is 10.1. The van der Waals surface area contributed by atoms with Crippen molar-refractivity contribution in [1.29, 1.82) is 0 Å². The first-order valence-corrected chi connectivity index (χ1v) is 9.28. The first-order chi connectivity index (χ1) is 13.4. The zero-order valence-electron chi connectivity index (χ0n) is 16.4. The average Bonchev–Trinajstić information content (AvgIpc) is 3.03.